The molecule has 1 aromatic carbocycles. The fourth-order valence-electron chi connectivity index (χ4n) is 1.95. The Morgan fingerprint density at radius 1 is 1.45 bits per heavy atom. The largest absolute Gasteiger partial charge is 0.493 e. The van der Waals surface area contributed by atoms with Crippen LogP contribution in [-0.4, -0.2) is 26.1 Å². The maximum atomic E-state index is 11.1. The molecule has 0 aromatic heterocycles. The van der Waals surface area contributed by atoms with Crippen molar-refractivity contribution in [3.05, 3.63) is 28.2 Å². The Hall–Kier alpha value is -1.07. The number of ether oxygens (including phenoxy) is 1. The van der Waals surface area contributed by atoms with Gasteiger partial charge in [-0.25, -0.2) is 0 Å². The SMILES string of the molecule is CCNC(C)c1cc(Br)ccc1OCCCC(=O)NC. The fourth-order valence-corrected chi connectivity index (χ4v) is 2.32. The minimum atomic E-state index is 0.0469. The number of hydrogen-bond donors (Lipinski definition) is 2. The zero-order valence-corrected chi connectivity index (χ0v) is 13.9. The summed E-state index contributed by atoms with van der Waals surface area (Å²) in [5.41, 5.74) is 1.13. The van der Waals surface area contributed by atoms with Crippen molar-refractivity contribution in [2.45, 2.75) is 32.7 Å². The predicted molar refractivity (Wildman–Crippen MR) is 85.0 cm³/mol. The molecule has 4 nitrogen and oxygen atoms in total. The van der Waals surface area contributed by atoms with Gasteiger partial charge in [0.05, 0.1) is 6.61 Å². The lowest BCUT2D eigenvalue weighted by Crippen LogP contribution is -2.19. The van der Waals surface area contributed by atoms with Gasteiger partial charge in [0.15, 0.2) is 0 Å². The molecule has 0 saturated carbocycles. The first-order valence-electron chi connectivity index (χ1n) is 6.94. The lowest BCUT2D eigenvalue weighted by atomic mass is 10.1. The Balaban J connectivity index is 2.62. The van der Waals surface area contributed by atoms with Crippen molar-refractivity contribution in [2.75, 3.05) is 20.2 Å². The maximum Gasteiger partial charge on any atom is 0.219 e. The summed E-state index contributed by atoms with van der Waals surface area (Å²) in [6, 6.07) is 6.23. The van der Waals surface area contributed by atoms with Crippen LogP contribution in [0.5, 0.6) is 5.75 Å². The molecule has 5 heteroatoms. The minimum absolute atomic E-state index is 0.0469. The molecule has 0 heterocycles. The molecule has 1 atom stereocenters. The Morgan fingerprint density at radius 2 is 2.20 bits per heavy atom. The lowest BCUT2D eigenvalue weighted by molar-refractivity contribution is -0.120. The van der Waals surface area contributed by atoms with E-state index in [0.717, 1.165) is 22.3 Å². The molecule has 0 spiro atoms. The average molecular weight is 343 g/mol. The van der Waals surface area contributed by atoms with Crippen LogP contribution >= 0.6 is 15.9 Å². The van der Waals surface area contributed by atoms with Crippen LogP contribution in [0.2, 0.25) is 0 Å². The third-order valence-electron chi connectivity index (χ3n) is 3.03. The van der Waals surface area contributed by atoms with Crippen molar-refractivity contribution < 1.29 is 9.53 Å². The van der Waals surface area contributed by atoms with E-state index >= 15 is 0 Å². The van der Waals surface area contributed by atoms with Crippen molar-refractivity contribution in [1.29, 1.82) is 0 Å². The van der Waals surface area contributed by atoms with Gasteiger partial charge in [-0.05, 0) is 38.1 Å². The summed E-state index contributed by atoms with van der Waals surface area (Å²) < 4.78 is 6.85. The van der Waals surface area contributed by atoms with E-state index in [4.69, 9.17) is 4.74 Å². The molecule has 1 aromatic rings. The van der Waals surface area contributed by atoms with E-state index in [9.17, 15) is 4.79 Å². The Morgan fingerprint density at radius 3 is 2.85 bits per heavy atom. The van der Waals surface area contributed by atoms with Gasteiger partial charge in [0.2, 0.25) is 5.91 Å². The molecule has 2 N–H and O–H groups in total. The summed E-state index contributed by atoms with van der Waals surface area (Å²) in [7, 11) is 1.65. The highest BCUT2D eigenvalue weighted by Gasteiger charge is 2.11. The molecule has 0 bridgehead atoms. The van der Waals surface area contributed by atoms with Crippen molar-refractivity contribution in [1.82, 2.24) is 10.6 Å². The van der Waals surface area contributed by atoms with E-state index in [1.54, 1.807) is 7.05 Å². The van der Waals surface area contributed by atoms with Crippen LogP contribution < -0.4 is 15.4 Å². The summed E-state index contributed by atoms with van der Waals surface area (Å²) in [4.78, 5) is 11.1. The second-order valence-corrected chi connectivity index (χ2v) is 5.50. The third kappa shape index (κ3) is 5.51. The number of amides is 1. The van der Waals surface area contributed by atoms with E-state index in [1.165, 1.54) is 0 Å². The van der Waals surface area contributed by atoms with Crippen LogP contribution in [0.4, 0.5) is 0 Å². The van der Waals surface area contributed by atoms with E-state index in [-0.39, 0.29) is 11.9 Å². The molecular formula is C15H23BrN2O2. The standard InChI is InChI=1S/C15H23BrN2O2/c1-4-18-11(2)13-10-12(16)7-8-14(13)20-9-5-6-15(19)17-3/h7-8,10-11,18H,4-6,9H2,1-3H3,(H,17,19). The minimum Gasteiger partial charge on any atom is -0.493 e. The summed E-state index contributed by atoms with van der Waals surface area (Å²) in [5, 5.41) is 5.99. The number of hydrogen-bond acceptors (Lipinski definition) is 3. The van der Waals surface area contributed by atoms with E-state index in [2.05, 4.69) is 46.5 Å². The van der Waals surface area contributed by atoms with Crippen LogP contribution in [0, 0.1) is 0 Å². The van der Waals surface area contributed by atoms with Gasteiger partial charge in [0.1, 0.15) is 5.75 Å². The number of halogens is 1. The van der Waals surface area contributed by atoms with Crippen molar-refractivity contribution >= 4 is 21.8 Å². The first-order chi connectivity index (χ1) is 9.58. The molecule has 1 rings (SSSR count). The quantitative estimate of drug-likeness (QED) is 0.714. The average Bonchev–Trinajstić information content (AvgIpc) is 2.44. The molecule has 20 heavy (non-hydrogen) atoms. The summed E-state index contributed by atoms with van der Waals surface area (Å²) in [6.07, 6.45) is 1.20. The maximum absolute atomic E-state index is 11.1. The molecule has 0 aliphatic heterocycles. The summed E-state index contributed by atoms with van der Waals surface area (Å²) in [5.74, 6) is 0.921. The van der Waals surface area contributed by atoms with Gasteiger partial charge in [0.25, 0.3) is 0 Å². The van der Waals surface area contributed by atoms with Gasteiger partial charge in [-0.1, -0.05) is 22.9 Å². The van der Waals surface area contributed by atoms with Crippen LogP contribution in [0.1, 0.15) is 38.3 Å². The van der Waals surface area contributed by atoms with Crippen molar-refractivity contribution in [2.24, 2.45) is 0 Å². The van der Waals surface area contributed by atoms with Crippen LogP contribution in [0.15, 0.2) is 22.7 Å². The number of carbonyl (C=O) groups is 1. The molecular weight excluding hydrogens is 320 g/mol. The predicted octanol–water partition coefficient (Wildman–Crippen LogP) is 3.02. The first kappa shape index (κ1) is 17.0. The van der Waals surface area contributed by atoms with E-state index < -0.39 is 0 Å². The highest BCUT2D eigenvalue weighted by atomic mass is 79.9. The molecule has 0 fully saturated rings. The number of carbonyl (C=O) groups excluding carboxylic acids is 1. The van der Waals surface area contributed by atoms with Crippen molar-refractivity contribution in [3.8, 4) is 5.75 Å². The van der Waals surface area contributed by atoms with Gasteiger partial charge in [0, 0.05) is 29.5 Å². The summed E-state index contributed by atoms with van der Waals surface area (Å²) >= 11 is 3.49. The van der Waals surface area contributed by atoms with Crippen LogP contribution in [-0.2, 0) is 4.79 Å². The molecule has 0 aliphatic carbocycles. The summed E-state index contributed by atoms with van der Waals surface area (Å²) in [6.45, 7) is 5.64. The van der Waals surface area contributed by atoms with Gasteiger partial charge < -0.3 is 15.4 Å². The zero-order chi connectivity index (χ0) is 15.0. The second-order valence-electron chi connectivity index (χ2n) is 4.59. The third-order valence-corrected chi connectivity index (χ3v) is 3.53. The highest BCUT2D eigenvalue weighted by molar-refractivity contribution is 9.10. The molecule has 0 aliphatic rings. The topological polar surface area (TPSA) is 50.4 Å². The molecule has 0 radical (unpaired) electrons. The monoisotopic (exact) mass is 342 g/mol. The highest BCUT2D eigenvalue weighted by Crippen LogP contribution is 2.28. The molecule has 1 unspecified atom stereocenters. The number of benzene rings is 1. The smallest absolute Gasteiger partial charge is 0.219 e. The fraction of sp³-hybridized carbons (Fsp3) is 0.533. The molecule has 0 saturated heterocycles. The second kappa shape index (κ2) is 8.97. The van der Waals surface area contributed by atoms with Crippen LogP contribution in [0.3, 0.4) is 0 Å². The normalized spacial score (nSPS) is 12.0. The molecule has 112 valence electrons. The lowest BCUT2D eigenvalue weighted by Gasteiger charge is -2.18. The van der Waals surface area contributed by atoms with E-state index in [0.29, 0.717) is 19.4 Å². The number of rotatable bonds is 8. The van der Waals surface area contributed by atoms with Gasteiger partial charge in [-0.2, -0.15) is 0 Å². The Bertz CT molecular complexity index is 438. The van der Waals surface area contributed by atoms with Gasteiger partial charge >= 0.3 is 0 Å². The Labute approximate surface area is 129 Å². The molecule has 1 amide bonds. The van der Waals surface area contributed by atoms with Gasteiger partial charge in [-0.15, -0.1) is 0 Å². The first-order valence-corrected chi connectivity index (χ1v) is 7.74. The number of nitrogens with one attached hydrogen (secondary N) is 2. The van der Waals surface area contributed by atoms with Gasteiger partial charge in [-0.3, -0.25) is 4.79 Å². The van der Waals surface area contributed by atoms with Crippen LogP contribution in [0.25, 0.3) is 0 Å². The van der Waals surface area contributed by atoms with Crippen molar-refractivity contribution in [3.63, 3.8) is 0 Å². The Kier molecular flexibility index (Phi) is 7.62. The van der Waals surface area contributed by atoms with E-state index in [1.807, 2.05) is 12.1 Å². The zero-order valence-electron chi connectivity index (χ0n) is 12.3.